The molecule has 6 heteroatoms. The van der Waals surface area contributed by atoms with Crippen LogP contribution in [0.2, 0.25) is 0 Å². The van der Waals surface area contributed by atoms with E-state index in [9.17, 15) is 4.79 Å². The first-order valence-electron chi connectivity index (χ1n) is 8.59. The Morgan fingerprint density at radius 2 is 2.12 bits per heavy atom. The number of nitrogens with zero attached hydrogens (tertiary/aromatic N) is 3. The van der Waals surface area contributed by atoms with E-state index in [2.05, 4.69) is 23.4 Å². The van der Waals surface area contributed by atoms with E-state index in [4.69, 9.17) is 4.42 Å². The molecule has 2 aromatic heterocycles. The normalized spacial score (nSPS) is 17.4. The molecule has 0 aliphatic carbocycles. The molecule has 1 aliphatic rings. The second kappa shape index (κ2) is 5.95. The number of nitrogens with one attached hydrogen (secondary N) is 1. The molecule has 1 atom stereocenters. The Morgan fingerprint density at radius 1 is 1.28 bits per heavy atom. The number of hydrogen-bond acceptors (Lipinski definition) is 3. The van der Waals surface area contributed by atoms with Crippen molar-refractivity contribution in [1.82, 2.24) is 14.7 Å². The van der Waals surface area contributed by atoms with Gasteiger partial charge in [-0.1, -0.05) is 12.1 Å². The van der Waals surface area contributed by atoms with Crippen molar-refractivity contribution in [2.45, 2.75) is 33.2 Å². The number of rotatable bonds is 2. The minimum Gasteiger partial charge on any atom is -0.459 e. The number of aromatic nitrogens is 2. The van der Waals surface area contributed by atoms with Crippen LogP contribution in [0.4, 0.5) is 10.5 Å². The van der Waals surface area contributed by atoms with Gasteiger partial charge in [0.1, 0.15) is 5.76 Å². The summed E-state index contributed by atoms with van der Waals surface area (Å²) < 4.78 is 7.77. The molecular formula is C19H22N4O2. The lowest BCUT2D eigenvalue weighted by atomic mass is 10.2. The monoisotopic (exact) mass is 338 g/mol. The summed E-state index contributed by atoms with van der Waals surface area (Å²) in [6.45, 7) is 7.35. The fraction of sp³-hybridized carbons (Fsp3) is 0.368. The summed E-state index contributed by atoms with van der Waals surface area (Å²) >= 11 is 0. The number of aryl methyl sites for hydroxylation is 3. The maximum Gasteiger partial charge on any atom is 0.322 e. The van der Waals surface area contributed by atoms with Crippen molar-refractivity contribution in [3.63, 3.8) is 0 Å². The number of para-hydroxylation sites is 1. The molecule has 6 nitrogen and oxygen atoms in total. The molecule has 0 radical (unpaired) electrons. The summed E-state index contributed by atoms with van der Waals surface area (Å²) in [4.78, 5) is 14.5. The molecule has 0 saturated carbocycles. The number of carbonyl (C=O) groups is 1. The van der Waals surface area contributed by atoms with Crippen molar-refractivity contribution < 1.29 is 9.21 Å². The van der Waals surface area contributed by atoms with E-state index in [0.717, 1.165) is 41.1 Å². The lowest BCUT2D eigenvalue weighted by molar-refractivity contribution is 0.220. The third-order valence-electron chi connectivity index (χ3n) is 4.75. The zero-order chi connectivity index (χ0) is 17.6. The van der Waals surface area contributed by atoms with Gasteiger partial charge in [-0.3, -0.25) is 4.68 Å². The first kappa shape index (κ1) is 15.7. The molecular weight excluding hydrogens is 316 g/mol. The summed E-state index contributed by atoms with van der Waals surface area (Å²) in [6.07, 6.45) is 0.916. The number of fused-ring (bicyclic) bond motifs is 1. The summed E-state index contributed by atoms with van der Waals surface area (Å²) in [7, 11) is 0. The van der Waals surface area contributed by atoms with Gasteiger partial charge >= 0.3 is 6.03 Å². The molecule has 1 fully saturated rings. The number of carbonyl (C=O) groups excluding carboxylic acids is 1. The van der Waals surface area contributed by atoms with Crippen molar-refractivity contribution in [2.24, 2.45) is 0 Å². The summed E-state index contributed by atoms with van der Waals surface area (Å²) in [5.74, 6) is 0.836. The largest absolute Gasteiger partial charge is 0.459 e. The topological polar surface area (TPSA) is 63.3 Å². The molecule has 1 aliphatic heterocycles. The van der Waals surface area contributed by atoms with E-state index in [1.54, 1.807) is 0 Å². The molecule has 0 unspecified atom stereocenters. The van der Waals surface area contributed by atoms with Crippen molar-refractivity contribution >= 4 is 22.7 Å². The van der Waals surface area contributed by atoms with Crippen LogP contribution in [0.25, 0.3) is 11.0 Å². The highest BCUT2D eigenvalue weighted by Gasteiger charge is 2.29. The maximum atomic E-state index is 12.7. The summed E-state index contributed by atoms with van der Waals surface area (Å²) in [6, 6.07) is 9.97. The molecule has 2 amide bonds. The Morgan fingerprint density at radius 3 is 2.88 bits per heavy atom. The van der Waals surface area contributed by atoms with E-state index >= 15 is 0 Å². The third kappa shape index (κ3) is 2.88. The molecule has 4 rings (SSSR count). The van der Waals surface area contributed by atoms with Crippen LogP contribution in [0.15, 0.2) is 34.7 Å². The van der Waals surface area contributed by atoms with Crippen molar-refractivity contribution in [3.05, 3.63) is 47.5 Å². The number of amides is 2. The van der Waals surface area contributed by atoms with Crippen LogP contribution in [-0.4, -0.2) is 33.8 Å². The molecule has 0 spiro atoms. The van der Waals surface area contributed by atoms with Gasteiger partial charge < -0.3 is 14.6 Å². The molecule has 130 valence electrons. The highest BCUT2D eigenvalue weighted by molar-refractivity contribution is 5.99. The number of urea groups is 1. The zero-order valence-electron chi connectivity index (χ0n) is 14.7. The first-order valence-corrected chi connectivity index (χ1v) is 8.59. The fourth-order valence-corrected chi connectivity index (χ4v) is 3.63. The Bertz CT molecular complexity index is 940. The van der Waals surface area contributed by atoms with E-state index < -0.39 is 0 Å². The SMILES string of the molecule is Cc1cc(C)n([C@H]2CCN(C(=O)Nc3cccc4cc(C)oc34)C2)n1. The van der Waals surface area contributed by atoms with E-state index in [-0.39, 0.29) is 12.1 Å². The maximum absolute atomic E-state index is 12.7. The molecule has 1 N–H and O–H groups in total. The second-order valence-electron chi connectivity index (χ2n) is 6.77. The van der Waals surface area contributed by atoms with Gasteiger partial charge in [-0.15, -0.1) is 0 Å². The van der Waals surface area contributed by atoms with Gasteiger partial charge in [-0.25, -0.2) is 4.79 Å². The summed E-state index contributed by atoms with van der Waals surface area (Å²) in [5.41, 5.74) is 3.59. The molecule has 3 aromatic rings. The molecule has 0 bridgehead atoms. The van der Waals surface area contributed by atoms with Crippen molar-refractivity contribution in [2.75, 3.05) is 18.4 Å². The molecule has 1 aromatic carbocycles. The van der Waals surface area contributed by atoms with E-state index in [0.29, 0.717) is 12.2 Å². The van der Waals surface area contributed by atoms with Gasteiger partial charge in [0, 0.05) is 24.2 Å². The van der Waals surface area contributed by atoms with Crippen molar-refractivity contribution in [3.8, 4) is 0 Å². The van der Waals surface area contributed by atoms with Crippen LogP contribution in [0.1, 0.15) is 29.6 Å². The lowest BCUT2D eigenvalue weighted by Gasteiger charge is -2.18. The van der Waals surface area contributed by atoms with Crippen LogP contribution in [-0.2, 0) is 0 Å². The zero-order valence-corrected chi connectivity index (χ0v) is 14.7. The van der Waals surface area contributed by atoms with Crippen molar-refractivity contribution in [1.29, 1.82) is 0 Å². The number of benzene rings is 1. The number of anilines is 1. The Kier molecular flexibility index (Phi) is 3.75. The van der Waals surface area contributed by atoms with Crippen LogP contribution in [0, 0.1) is 20.8 Å². The fourth-order valence-electron chi connectivity index (χ4n) is 3.63. The minimum absolute atomic E-state index is 0.0921. The quantitative estimate of drug-likeness (QED) is 0.767. The Balaban J connectivity index is 1.49. The number of furan rings is 1. The standard InChI is InChI=1S/C19H22N4O2/c1-12-9-13(2)23(21-12)16-7-8-22(11-16)19(24)20-17-6-4-5-15-10-14(3)25-18(15)17/h4-6,9-10,16H,7-8,11H2,1-3H3,(H,20,24)/t16-/m0/s1. The average molecular weight is 338 g/mol. The Hall–Kier alpha value is -2.76. The molecule has 1 saturated heterocycles. The van der Waals surface area contributed by atoms with Gasteiger partial charge in [-0.2, -0.15) is 5.10 Å². The van der Waals surface area contributed by atoms with Crippen LogP contribution in [0.5, 0.6) is 0 Å². The van der Waals surface area contributed by atoms with Crippen LogP contribution in [0.3, 0.4) is 0 Å². The Labute approximate surface area is 146 Å². The average Bonchev–Trinajstić information content (AvgIpc) is 3.25. The summed E-state index contributed by atoms with van der Waals surface area (Å²) in [5, 5.41) is 8.55. The number of likely N-dealkylation sites (tertiary alicyclic amines) is 1. The van der Waals surface area contributed by atoms with Crippen LogP contribution < -0.4 is 5.32 Å². The van der Waals surface area contributed by atoms with Gasteiger partial charge in [0.2, 0.25) is 0 Å². The molecule has 3 heterocycles. The lowest BCUT2D eigenvalue weighted by Crippen LogP contribution is -2.33. The van der Waals surface area contributed by atoms with Gasteiger partial charge in [0.25, 0.3) is 0 Å². The second-order valence-corrected chi connectivity index (χ2v) is 6.77. The van der Waals surface area contributed by atoms with E-state index in [1.807, 2.05) is 47.7 Å². The third-order valence-corrected chi connectivity index (χ3v) is 4.75. The van der Waals surface area contributed by atoms with Gasteiger partial charge in [0.05, 0.1) is 17.4 Å². The predicted octanol–water partition coefficient (Wildman–Crippen LogP) is 4.03. The highest BCUT2D eigenvalue weighted by atomic mass is 16.3. The highest BCUT2D eigenvalue weighted by Crippen LogP contribution is 2.28. The predicted molar refractivity (Wildman–Crippen MR) is 96.9 cm³/mol. The van der Waals surface area contributed by atoms with Gasteiger partial charge in [0.15, 0.2) is 5.58 Å². The van der Waals surface area contributed by atoms with Gasteiger partial charge in [-0.05, 0) is 45.4 Å². The van der Waals surface area contributed by atoms with Crippen LogP contribution >= 0.6 is 0 Å². The van der Waals surface area contributed by atoms with E-state index in [1.165, 1.54) is 0 Å². The first-order chi connectivity index (χ1) is 12.0. The minimum atomic E-state index is -0.0921. The number of hydrogen-bond donors (Lipinski definition) is 1. The smallest absolute Gasteiger partial charge is 0.322 e. The molecule has 25 heavy (non-hydrogen) atoms.